The third kappa shape index (κ3) is 1.86. The van der Waals surface area contributed by atoms with Crippen LogP contribution in [0.1, 0.15) is 31.2 Å². The molecule has 5 nitrogen and oxygen atoms in total. The molecular weight excluding hydrogens is 206 g/mol. The van der Waals surface area contributed by atoms with Crippen molar-refractivity contribution in [2.75, 3.05) is 7.11 Å². The number of H-pyrrole nitrogens is 1. The lowest BCUT2D eigenvalue weighted by Crippen LogP contribution is -2.15. The topological polar surface area (TPSA) is 59.4 Å². The molecule has 0 aliphatic heterocycles. The van der Waals surface area contributed by atoms with E-state index in [1.807, 2.05) is 6.07 Å². The number of aromatic amines is 1. The van der Waals surface area contributed by atoms with Crippen LogP contribution in [0.3, 0.4) is 0 Å². The van der Waals surface area contributed by atoms with Crippen molar-refractivity contribution in [1.82, 2.24) is 14.6 Å². The molecule has 16 heavy (non-hydrogen) atoms. The van der Waals surface area contributed by atoms with Crippen LogP contribution in [-0.4, -0.2) is 21.7 Å². The summed E-state index contributed by atoms with van der Waals surface area (Å²) in [5.74, 6) is 0.340. The lowest BCUT2D eigenvalue weighted by Gasteiger charge is -1.98. The van der Waals surface area contributed by atoms with Crippen LogP contribution < -0.4 is 5.56 Å². The molecule has 0 unspecified atom stereocenters. The minimum absolute atomic E-state index is 0.107. The molecule has 2 rings (SSSR count). The van der Waals surface area contributed by atoms with E-state index in [0.29, 0.717) is 23.9 Å². The average molecular weight is 221 g/mol. The third-order valence-corrected chi connectivity index (χ3v) is 2.44. The zero-order valence-electron chi connectivity index (χ0n) is 9.65. The molecule has 2 aromatic rings. The molecule has 0 saturated carbocycles. The lowest BCUT2D eigenvalue weighted by molar-refractivity contribution is 0.181. The van der Waals surface area contributed by atoms with Crippen LogP contribution in [0, 0.1) is 0 Å². The van der Waals surface area contributed by atoms with Gasteiger partial charge in [-0.05, 0) is 5.92 Å². The zero-order chi connectivity index (χ0) is 11.7. The first kappa shape index (κ1) is 10.9. The molecular formula is C11H15N3O2. The standard InChI is InChI=1S/C11H15N3O2/c1-7(2)9-5-10-12-8(6-16-3)4-11(15)14(10)13-9/h4-5,7,13H,6H2,1-3H3. The van der Waals surface area contributed by atoms with E-state index in [4.69, 9.17) is 4.74 Å². The molecule has 0 saturated heterocycles. The van der Waals surface area contributed by atoms with Crippen LogP contribution in [0.2, 0.25) is 0 Å². The molecule has 0 aliphatic rings. The minimum atomic E-state index is -0.107. The van der Waals surface area contributed by atoms with Crippen LogP contribution in [0.4, 0.5) is 0 Å². The molecule has 0 fully saturated rings. The fourth-order valence-corrected chi connectivity index (χ4v) is 1.58. The van der Waals surface area contributed by atoms with Gasteiger partial charge in [0.1, 0.15) is 0 Å². The molecule has 2 aromatic heterocycles. The summed E-state index contributed by atoms with van der Waals surface area (Å²) >= 11 is 0. The highest BCUT2D eigenvalue weighted by Gasteiger charge is 2.08. The number of aromatic nitrogens is 3. The summed E-state index contributed by atoms with van der Waals surface area (Å²) < 4.78 is 6.42. The molecule has 0 bridgehead atoms. The Morgan fingerprint density at radius 3 is 2.88 bits per heavy atom. The second-order valence-electron chi connectivity index (χ2n) is 4.08. The maximum Gasteiger partial charge on any atom is 0.272 e. The van der Waals surface area contributed by atoms with Crippen molar-refractivity contribution in [3.05, 3.63) is 33.9 Å². The molecule has 86 valence electrons. The lowest BCUT2D eigenvalue weighted by atomic mass is 10.1. The molecule has 0 atom stereocenters. The molecule has 0 amide bonds. The van der Waals surface area contributed by atoms with Gasteiger partial charge in [0.05, 0.1) is 12.3 Å². The van der Waals surface area contributed by atoms with Gasteiger partial charge in [-0.15, -0.1) is 0 Å². The largest absolute Gasteiger partial charge is 0.378 e. The maximum absolute atomic E-state index is 11.7. The zero-order valence-corrected chi connectivity index (χ0v) is 9.65. The summed E-state index contributed by atoms with van der Waals surface area (Å²) in [5, 5.41) is 3.03. The minimum Gasteiger partial charge on any atom is -0.378 e. The number of methoxy groups -OCH3 is 1. The van der Waals surface area contributed by atoms with Crippen molar-refractivity contribution < 1.29 is 4.74 Å². The van der Waals surface area contributed by atoms with E-state index in [1.165, 1.54) is 10.6 Å². The van der Waals surface area contributed by atoms with Crippen LogP contribution in [0.15, 0.2) is 16.9 Å². The normalized spacial score (nSPS) is 11.5. The van der Waals surface area contributed by atoms with Crippen molar-refractivity contribution in [3.8, 4) is 0 Å². The molecule has 5 heteroatoms. The quantitative estimate of drug-likeness (QED) is 0.849. The molecule has 2 heterocycles. The fourth-order valence-electron chi connectivity index (χ4n) is 1.58. The Labute approximate surface area is 93.1 Å². The first-order valence-electron chi connectivity index (χ1n) is 5.22. The van der Waals surface area contributed by atoms with Gasteiger partial charge in [0.2, 0.25) is 0 Å². The predicted octanol–water partition coefficient (Wildman–Crippen LogP) is 1.29. The van der Waals surface area contributed by atoms with E-state index in [0.717, 1.165) is 5.69 Å². The van der Waals surface area contributed by atoms with Gasteiger partial charge in [0.25, 0.3) is 5.56 Å². The Hall–Kier alpha value is -1.62. The molecule has 0 aliphatic carbocycles. The molecule has 0 radical (unpaired) electrons. The van der Waals surface area contributed by atoms with Crippen molar-refractivity contribution >= 4 is 5.65 Å². The van der Waals surface area contributed by atoms with Crippen molar-refractivity contribution in [2.24, 2.45) is 0 Å². The highest BCUT2D eigenvalue weighted by molar-refractivity contribution is 5.40. The van der Waals surface area contributed by atoms with Gasteiger partial charge in [-0.1, -0.05) is 13.8 Å². The Bertz CT molecular complexity index is 554. The van der Waals surface area contributed by atoms with Gasteiger partial charge >= 0.3 is 0 Å². The average Bonchev–Trinajstić information content (AvgIpc) is 2.62. The Balaban J connectivity index is 2.59. The highest BCUT2D eigenvalue weighted by Crippen LogP contribution is 2.13. The summed E-state index contributed by atoms with van der Waals surface area (Å²) in [6.07, 6.45) is 0. The summed E-state index contributed by atoms with van der Waals surface area (Å²) in [7, 11) is 1.58. The first-order valence-corrected chi connectivity index (χ1v) is 5.22. The number of hydrogen-bond acceptors (Lipinski definition) is 3. The summed E-state index contributed by atoms with van der Waals surface area (Å²) in [6.45, 7) is 4.48. The number of fused-ring (bicyclic) bond motifs is 1. The van der Waals surface area contributed by atoms with Crippen LogP contribution in [0.5, 0.6) is 0 Å². The Morgan fingerprint density at radius 2 is 2.25 bits per heavy atom. The smallest absolute Gasteiger partial charge is 0.272 e. The van der Waals surface area contributed by atoms with Crippen LogP contribution >= 0.6 is 0 Å². The highest BCUT2D eigenvalue weighted by atomic mass is 16.5. The van der Waals surface area contributed by atoms with Crippen molar-refractivity contribution in [2.45, 2.75) is 26.4 Å². The SMILES string of the molecule is COCc1cc(=O)n2[nH]c(C(C)C)cc2n1. The molecule has 0 aromatic carbocycles. The second kappa shape index (κ2) is 4.09. The van der Waals surface area contributed by atoms with Gasteiger partial charge in [0.15, 0.2) is 5.65 Å². The van der Waals surface area contributed by atoms with Crippen LogP contribution in [0.25, 0.3) is 5.65 Å². The van der Waals surface area contributed by atoms with E-state index in [1.54, 1.807) is 7.11 Å². The second-order valence-corrected chi connectivity index (χ2v) is 4.08. The summed E-state index contributed by atoms with van der Waals surface area (Å²) in [6, 6.07) is 3.38. The van der Waals surface area contributed by atoms with Crippen LogP contribution in [-0.2, 0) is 11.3 Å². The van der Waals surface area contributed by atoms with Gasteiger partial charge < -0.3 is 4.74 Å². The third-order valence-electron chi connectivity index (χ3n) is 2.44. The van der Waals surface area contributed by atoms with Gasteiger partial charge in [-0.25, -0.2) is 9.50 Å². The monoisotopic (exact) mass is 221 g/mol. The number of nitrogens with one attached hydrogen (secondary N) is 1. The molecule has 0 spiro atoms. The number of hydrogen-bond donors (Lipinski definition) is 1. The predicted molar refractivity (Wildman–Crippen MR) is 60.6 cm³/mol. The number of nitrogens with zero attached hydrogens (tertiary/aromatic N) is 2. The van der Waals surface area contributed by atoms with Gasteiger partial charge in [-0.2, -0.15) is 0 Å². The van der Waals surface area contributed by atoms with E-state index in [2.05, 4.69) is 23.9 Å². The van der Waals surface area contributed by atoms with Gasteiger partial charge in [0, 0.05) is 24.9 Å². The van der Waals surface area contributed by atoms with Gasteiger partial charge in [-0.3, -0.25) is 9.89 Å². The van der Waals surface area contributed by atoms with E-state index < -0.39 is 0 Å². The maximum atomic E-state index is 11.7. The number of rotatable bonds is 3. The first-order chi connectivity index (χ1) is 7.61. The Kier molecular flexibility index (Phi) is 2.78. The molecule has 1 N–H and O–H groups in total. The van der Waals surface area contributed by atoms with Crippen molar-refractivity contribution in [1.29, 1.82) is 0 Å². The number of ether oxygens (including phenoxy) is 1. The Morgan fingerprint density at radius 1 is 1.50 bits per heavy atom. The van der Waals surface area contributed by atoms with E-state index >= 15 is 0 Å². The fraction of sp³-hybridized carbons (Fsp3) is 0.455. The van der Waals surface area contributed by atoms with Crippen molar-refractivity contribution in [3.63, 3.8) is 0 Å². The van der Waals surface area contributed by atoms with E-state index in [-0.39, 0.29) is 5.56 Å². The van der Waals surface area contributed by atoms with E-state index in [9.17, 15) is 4.79 Å². The summed E-state index contributed by atoms with van der Waals surface area (Å²) in [4.78, 5) is 16.1. The summed E-state index contributed by atoms with van der Waals surface area (Å²) in [5.41, 5.74) is 2.19.